The average Bonchev–Trinajstić information content (AvgIpc) is 2.92. The van der Waals surface area contributed by atoms with Crippen LogP contribution < -0.4 is 10.5 Å². The van der Waals surface area contributed by atoms with E-state index in [1.54, 1.807) is 18.1 Å². The Bertz CT molecular complexity index is 602. The van der Waals surface area contributed by atoms with Gasteiger partial charge in [-0.15, -0.1) is 0 Å². The lowest BCUT2D eigenvalue weighted by Crippen LogP contribution is -2.30. The number of benzene rings is 1. The summed E-state index contributed by atoms with van der Waals surface area (Å²) >= 11 is 3.41. The van der Waals surface area contributed by atoms with E-state index in [4.69, 9.17) is 9.53 Å². The van der Waals surface area contributed by atoms with Crippen LogP contribution in [0.3, 0.4) is 0 Å². The van der Waals surface area contributed by atoms with Gasteiger partial charge in [0.2, 0.25) is 0 Å². The van der Waals surface area contributed by atoms with Crippen molar-refractivity contribution in [2.45, 2.75) is 6.18 Å². The predicted molar refractivity (Wildman–Crippen MR) is 70.9 cm³/mol. The van der Waals surface area contributed by atoms with Gasteiger partial charge in [-0.2, -0.15) is 18.3 Å². The highest BCUT2D eigenvalue weighted by Gasteiger charge is 2.35. The lowest BCUT2D eigenvalue weighted by Gasteiger charge is -2.05. The second-order valence-electron chi connectivity index (χ2n) is 3.52. The minimum atomic E-state index is -4.86. The number of carbonyl (C=O) groups is 1. The number of methoxy groups -OCH3 is 1. The summed E-state index contributed by atoms with van der Waals surface area (Å²) in [6, 6.07) is 5.72. The Labute approximate surface area is 125 Å². The van der Waals surface area contributed by atoms with Gasteiger partial charge in [-0.3, -0.25) is 4.79 Å². The first-order chi connectivity index (χ1) is 9.75. The molecule has 0 aliphatic carbocycles. The number of rotatable bonds is 2. The number of halogens is 4. The van der Waals surface area contributed by atoms with E-state index >= 15 is 0 Å². The summed E-state index contributed by atoms with van der Waals surface area (Å²) in [5.41, 5.74) is 4.75. The third-order valence-electron chi connectivity index (χ3n) is 2.10. The standard InChI is InChI=1S/C9H8BrN3O.C2H2F3NO/c1-14-9-3-2-7(4-8(9)10)13-6-11-5-12-13;3-2(4,5)1(6)7/h2-6H,1H3;(H2,6,7). The van der Waals surface area contributed by atoms with Gasteiger partial charge < -0.3 is 10.5 Å². The number of nitrogens with two attached hydrogens (primary N) is 1. The minimum absolute atomic E-state index is 0.800. The van der Waals surface area contributed by atoms with Gasteiger partial charge in [0.1, 0.15) is 18.4 Å². The Morgan fingerprint density at radius 1 is 1.43 bits per heavy atom. The van der Waals surface area contributed by atoms with E-state index in [2.05, 4.69) is 31.7 Å². The summed E-state index contributed by atoms with van der Waals surface area (Å²) in [5, 5.41) is 4.03. The lowest BCUT2D eigenvalue weighted by molar-refractivity contribution is -0.169. The number of hydrogen-bond acceptors (Lipinski definition) is 4. The first-order valence-electron chi connectivity index (χ1n) is 5.31. The van der Waals surface area contributed by atoms with Crippen LogP contribution in [0.2, 0.25) is 0 Å². The predicted octanol–water partition coefficient (Wildman–Crippen LogP) is 2.07. The monoisotopic (exact) mass is 366 g/mol. The van der Waals surface area contributed by atoms with Crippen molar-refractivity contribution >= 4 is 21.8 Å². The van der Waals surface area contributed by atoms with Crippen LogP contribution in [0.5, 0.6) is 5.75 Å². The molecular formula is C11H10BrF3N4O2. The van der Waals surface area contributed by atoms with Gasteiger partial charge in [0.05, 0.1) is 17.3 Å². The van der Waals surface area contributed by atoms with Crippen molar-refractivity contribution in [3.63, 3.8) is 0 Å². The number of amides is 1. The highest BCUT2D eigenvalue weighted by atomic mass is 79.9. The van der Waals surface area contributed by atoms with Crippen LogP contribution in [0.15, 0.2) is 35.3 Å². The van der Waals surface area contributed by atoms with Crippen LogP contribution in [0.4, 0.5) is 13.2 Å². The van der Waals surface area contributed by atoms with Crippen molar-refractivity contribution in [1.82, 2.24) is 14.8 Å². The fourth-order valence-electron chi connectivity index (χ4n) is 1.14. The summed E-state index contributed by atoms with van der Waals surface area (Å²) in [7, 11) is 1.63. The van der Waals surface area contributed by atoms with E-state index in [9.17, 15) is 13.2 Å². The summed E-state index contributed by atoms with van der Waals surface area (Å²) < 4.78 is 39.8. The number of carbonyl (C=O) groups excluding carboxylic acids is 1. The Balaban J connectivity index is 0.000000270. The van der Waals surface area contributed by atoms with Crippen molar-refractivity contribution in [3.05, 3.63) is 35.3 Å². The van der Waals surface area contributed by atoms with E-state index in [0.717, 1.165) is 15.9 Å². The molecule has 6 nitrogen and oxygen atoms in total. The molecule has 0 unspecified atom stereocenters. The molecule has 1 aromatic carbocycles. The molecule has 0 aliphatic heterocycles. The van der Waals surface area contributed by atoms with Crippen LogP contribution >= 0.6 is 15.9 Å². The number of ether oxygens (including phenoxy) is 1. The minimum Gasteiger partial charge on any atom is -0.496 e. The molecule has 0 radical (unpaired) electrons. The molecule has 0 fully saturated rings. The summed E-state index contributed by atoms with van der Waals surface area (Å²) in [5.74, 6) is -1.46. The molecule has 1 heterocycles. The van der Waals surface area contributed by atoms with Crippen LogP contribution in [-0.2, 0) is 4.79 Å². The molecule has 0 saturated heterocycles. The zero-order chi connectivity index (χ0) is 16.0. The normalized spacial score (nSPS) is 10.5. The first kappa shape index (κ1) is 17.0. The molecule has 1 amide bonds. The van der Waals surface area contributed by atoms with Gasteiger partial charge in [-0.1, -0.05) is 0 Å². The number of primary amides is 1. The van der Waals surface area contributed by atoms with Crippen molar-refractivity contribution in [2.75, 3.05) is 7.11 Å². The average molecular weight is 367 g/mol. The van der Waals surface area contributed by atoms with Crippen LogP contribution in [0.25, 0.3) is 5.69 Å². The first-order valence-corrected chi connectivity index (χ1v) is 6.10. The number of alkyl halides is 3. The topological polar surface area (TPSA) is 83.0 Å². The van der Waals surface area contributed by atoms with Crippen LogP contribution in [0, 0.1) is 0 Å². The zero-order valence-electron chi connectivity index (χ0n) is 10.6. The van der Waals surface area contributed by atoms with Gasteiger partial charge in [-0.05, 0) is 34.1 Å². The van der Waals surface area contributed by atoms with Gasteiger partial charge in [0.25, 0.3) is 0 Å². The molecular weight excluding hydrogens is 357 g/mol. The lowest BCUT2D eigenvalue weighted by atomic mass is 10.3. The van der Waals surface area contributed by atoms with Crippen molar-refractivity contribution in [2.24, 2.45) is 5.73 Å². The zero-order valence-corrected chi connectivity index (χ0v) is 12.2. The largest absolute Gasteiger partial charge is 0.496 e. The highest BCUT2D eigenvalue weighted by Crippen LogP contribution is 2.26. The third kappa shape index (κ3) is 5.06. The Morgan fingerprint density at radius 3 is 2.43 bits per heavy atom. The molecule has 10 heteroatoms. The van der Waals surface area contributed by atoms with E-state index in [1.807, 2.05) is 18.2 Å². The molecule has 0 atom stereocenters. The summed E-state index contributed by atoms with van der Waals surface area (Å²) in [6.07, 6.45) is -1.72. The van der Waals surface area contributed by atoms with E-state index < -0.39 is 12.1 Å². The maximum absolute atomic E-state index is 10.7. The molecule has 2 aromatic rings. The molecule has 0 bridgehead atoms. The molecule has 2 rings (SSSR count). The summed E-state index contributed by atoms with van der Waals surface area (Å²) in [4.78, 5) is 13.0. The number of nitrogens with zero attached hydrogens (tertiary/aromatic N) is 3. The Hall–Kier alpha value is -2.10. The molecule has 2 N–H and O–H groups in total. The quantitative estimate of drug-likeness (QED) is 0.881. The smallest absolute Gasteiger partial charge is 0.470 e. The van der Waals surface area contributed by atoms with E-state index in [1.165, 1.54) is 6.33 Å². The fraction of sp³-hybridized carbons (Fsp3) is 0.182. The van der Waals surface area contributed by atoms with Crippen molar-refractivity contribution in [3.8, 4) is 11.4 Å². The van der Waals surface area contributed by atoms with Gasteiger partial charge in [0, 0.05) is 0 Å². The maximum atomic E-state index is 10.7. The Kier molecular flexibility index (Phi) is 5.70. The van der Waals surface area contributed by atoms with Gasteiger partial charge >= 0.3 is 12.1 Å². The van der Waals surface area contributed by atoms with Gasteiger partial charge in [0.15, 0.2) is 0 Å². The fourth-order valence-corrected chi connectivity index (χ4v) is 1.67. The van der Waals surface area contributed by atoms with Crippen LogP contribution in [-0.4, -0.2) is 34.0 Å². The molecule has 0 spiro atoms. The van der Waals surface area contributed by atoms with Gasteiger partial charge in [-0.25, -0.2) is 9.67 Å². The van der Waals surface area contributed by atoms with E-state index in [0.29, 0.717) is 0 Å². The summed E-state index contributed by atoms with van der Waals surface area (Å²) in [6.45, 7) is 0. The second kappa shape index (κ2) is 7.07. The SMILES string of the molecule is COc1ccc(-n2cncn2)cc1Br.NC(=O)C(F)(F)F. The van der Waals surface area contributed by atoms with Crippen LogP contribution in [0.1, 0.15) is 0 Å². The molecule has 0 saturated carbocycles. The Morgan fingerprint density at radius 2 is 2.05 bits per heavy atom. The molecule has 21 heavy (non-hydrogen) atoms. The maximum Gasteiger partial charge on any atom is 0.470 e. The second-order valence-corrected chi connectivity index (χ2v) is 4.38. The van der Waals surface area contributed by atoms with Crippen molar-refractivity contribution in [1.29, 1.82) is 0 Å². The molecule has 114 valence electrons. The third-order valence-corrected chi connectivity index (χ3v) is 2.72. The van der Waals surface area contributed by atoms with Crippen molar-refractivity contribution < 1.29 is 22.7 Å². The molecule has 0 aliphatic rings. The highest BCUT2D eigenvalue weighted by molar-refractivity contribution is 9.10. The molecule has 1 aromatic heterocycles. The number of aromatic nitrogens is 3. The number of hydrogen-bond donors (Lipinski definition) is 1. The van der Waals surface area contributed by atoms with E-state index in [-0.39, 0.29) is 0 Å².